The second kappa shape index (κ2) is 6.05. The molecular formula is C15H21N3O2. The molecule has 0 aromatic carbocycles. The molecule has 1 saturated heterocycles. The fourth-order valence-electron chi connectivity index (χ4n) is 2.61. The lowest BCUT2D eigenvalue weighted by Gasteiger charge is -2.25. The van der Waals surface area contributed by atoms with Gasteiger partial charge in [0.05, 0.1) is 13.1 Å². The number of carbonyl (C=O) groups excluding carboxylic acids is 2. The maximum Gasteiger partial charge on any atom is 0.234 e. The maximum atomic E-state index is 12.4. The van der Waals surface area contributed by atoms with Gasteiger partial charge in [0.15, 0.2) is 5.78 Å². The lowest BCUT2D eigenvalue weighted by Crippen LogP contribution is -2.49. The van der Waals surface area contributed by atoms with Gasteiger partial charge in [-0.1, -0.05) is 6.08 Å². The van der Waals surface area contributed by atoms with Gasteiger partial charge in [0.2, 0.25) is 5.91 Å². The molecule has 5 nitrogen and oxygen atoms in total. The van der Waals surface area contributed by atoms with E-state index in [0.29, 0.717) is 26.2 Å². The van der Waals surface area contributed by atoms with Crippen molar-refractivity contribution in [2.45, 2.75) is 20.4 Å². The molecule has 1 amide bonds. The average molecular weight is 275 g/mol. The third kappa shape index (κ3) is 2.99. The van der Waals surface area contributed by atoms with Crippen LogP contribution >= 0.6 is 0 Å². The highest BCUT2D eigenvalue weighted by molar-refractivity contribution is 5.99. The molecule has 1 fully saturated rings. The molecule has 2 heterocycles. The Labute approximate surface area is 119 Å². The number of nitrogens with zero attached hydrogens (tertiary/aromatic N) is 2. The van der Waals surface area contributed by atoms with Crippen LogP contribution < -0.4 is 5.32 Å². The van der Waals surface area contributed by atoms with E-state index in [4.69, 9.17) is 0 Å². The third-order valence-electron chi connectivity index (χ3n) is 3.67. The van der Waals surface area contributed by atoms with Gasteiger partial charge in [-0.2, -0.15) is 0 Å². The van der Waals surface area contributed by atoms with Crippen molar-refractivity contribution in [2.75, 3.05) is 26.2 Å². The molecule has 108 valence electrons. The van der Waals surface area contributed by atoms with Crippen LogP contribution in [0.5, 0.6) is 0 Å². The van der Waals surface area contributed by atoms with Gasteiger partial charge in [-0.15, -0.1) is 6.58 Å². The minimum absolute atomic E-state index is 0.0128. The Kier molecular flexibility index (Phi) is 4.39. The Balaban J connectivity index is 2.11. The van der Waals surface area contributed by atoms with Crippen molar-refractivity contribution in [3.63, 3.8) is 0 Å². The highest BCUT2D eigenvalue weighted by atomic mass is 16.2. The molecule has 0 atom stereocenters. The van der Waals surface area contributed by atoms with Crippen molar-refractivity contribution < 1.29 is 9.59 Å². The third-order valence-corrected chi connectivity index (χ3v) is 3.67. The second-order valence-electron chi connectivity index (χ2n) is 5.17. The number of amides is 1. The van der Waals surface area contributed by atoms with Crippen LogP contribution in [0.1, 0.15) is 21.7 Å². The Morgan fingerprint density at radius 3 is 2.90 bits per heavy atom. The van der Waals surface area contributed by atoms with E-state index in [1.165, 1.54) is 0 Å². The quantitative estimate of drug-likeness (QED) is 0.642. The Bertz CT molecular complexity index is 546. The van der Waals surface area contributed by atoms with E-state index in [-0.39, 0.29) is 11.7 Å². The standard InChI is InChI=1S/C15H21N3O2/c1-4-6-18-11(2)8-13(12(18)3)14(19)9-17-7-5-16-15(20)10-17/h4,8H,1,5-7,9-10H2,2-3H3,(H,16,20). The highest BCUT2D eigenvalue weighted by Gasteiger charge is 2.21. The van der Waals surface area contributed by atoms with Crippen molar-refractivity contribution in [1.82, 2.24) is 14.8 Å². The van der Waals surface area contributed by atoms with Gasteiger partial charge < -0.3 is 9.88 Å². The van der Waals surface area contributed by atoms with Crippen LogP contribution in [0.3, 0.4) is 0 Å². The summed E-state index contributed by atoms with van der Waals surface area (Å²) in [7, 11) is 0. The predicted molar refractivity (Wildman–Crippen MR) is 77.9 cm³/mol. The lowest BCUT2D eigenvalue weighted by molar-refractivity contribution is -0.123. The second-order valence-corrected chi connectivity index (χ2v) is 5.17. The van der Waals surface area contributed by atoms with Crippen LogP contribution in [-0.2, 0) is 11.3 Å². The van der Waals surface area contributed by atoms with Crippen molar-refractivity contribution in [3.05, 3.63) is 35.7 Å². The molecule has 0 saturated carbocycles. The molecular weight excluding hydrogens is 254 g/mol. The number of ketones is 1. The molecule has 1 aromatic rings. The van der Waals surface area contributed by atoms with Crippen molar-refractivity contribution in [3.8, 4) is 0 Å². The summed E-state index contributed by atoms with van der Waals surface area (Å²) in [4.78, 5) is 25.6. The number of Topliss-reactive ketones (excluding diaryl/α,β-unsaturated/α-hetero) is 1. The maximum absolute atomic E-state index is 12.4. The van der Waals surface area contributed by atoms with E-state index < -0.39 is 0 Å². The molecule has 1 aliphatic heterocycles. The molecule has 2 rings (SSSR count). The summed E-state index contributed by atoms with van der Waals surface area (Å²) in [5.74, 6) is 0.0595. The number of aryl methyl sites for hydroxylation is 1. The van der Waals surface area contributed by atoms with Gasteiger partial charge in [0.25, 0.3) is 0 Å². The number of nitrogens with one attached hydrogen (secondary N) is 1. The first-order valence-electron chi connectivity index (χ1n) is 6.82. The van der Waals surface area contributed by atoms with Crippen molar-refractivity contribution >= 4 is 11.7 Å². The first kappa shape index (κ1) is 14.5. The number of piperazine rings is 1. The molecule has 0 unspecified atom stereocenters. The zero-order chi connectivity index (χ0) is 14.7. The van der Waals surface area contributed by atoms with E-state index in [1.54, 1.807) is 0 Å². The summed E-state index contributed by atoms with van der Waals surface area (Å²) < 4.78 is 2.07. The monoisotopic (exact) mass is 275 g/mol. The van der Waals surface area contributed by atoms with E-state index in [0.717, 1.165) is 23.5 Å². The SMILES string of the molecule is C=CCn1c(C)cc(C(=O)CN2CCNC(=O)C2)c1C. The Morgan fingerprint density at radius 2 is 2.25 bits per heavy atom. The van der Waals surface area contributed by atoms with Gasteiger partial charge >= 0.3 is 0 Å². The average Bonchev–Trinajstić information content (AvgIpc) is 2.67. The van der Waals surface area contributed by atoms with Crippen LogP contribution in [0.15, 0.2) is 18.7 Å². The molecule has 0 bridgehead atoms. The van der Waals surface area contributed by atoms with Gasteiger partial charge in [-0.3, -0.25) is 14.5 Å². The number of allylic oxidation sites excluding steroid dienone is 1. The van der Waals surface area contributed by atoms with Crippen molar-refractivity contribution in [2.24, 2.45) is 0 Å². The largest absolute Gasteiger partial charge is 0.354 e. The number of rotatable bonds is 5. The van der Waals surface area contributed by atoms with E-state index in [9.17, 15) is 9.59 Å². The van der Waals surface area contributed by atoms with Gasteiger partial charge in [-0.05, 0) is 19.9 Å². The first-order chi connectivity index (χ1) is 9.52. The van der Waals surface area contributed by atoms with Gasteiger partial charge in [0.1, 0.15) is 0 Å². The highest BCUT2D eigenvalue weighted by Crippen LogP contribution is 2.16. The zero-order valence-corrected chi connectivity index (χ0v) is 12.1. The van der Waals surface area contributed by atoms with Crippen LogP contribution in [0.25, 0.3) is 0 Å². The van der Waals surface area contributed by atoms with Crippen molar-refractivity contribution in [1.29, 1.82) is 0 Å². The Morgan fingerprint density at radius 1 is 1.50 bits per heavy atom. The summed E-state index contributed by atoms with van der Waals surface area (Å²) in [6, 6.07) is 1.92. The topological polar surface area (TPSA) is 54.3 Å². The lowest BCUT2D eigenvalue weighted by atomic mass is 10.1. The van der Waals surface area contributed by atoms with E-state index >= 15 is 0 Å². The molecule has 20 heavy (non-hydrogen) atoms. The molecule has 1 aliphatic rings. The molecule has 0 radical (unpaired) electrons. The molecule has 0 spiro atoms. The fourth-order valence-corrected chi connectivity index (χ4v) is 2.61. The van der Waals surface area contributed by atoms with E-state index in [2.05, 4.69) is 16.5 Å². The fraction of sp³-hybridized carbons (Fsp3) is 0.467. The van der Waals surface area contributed by atoms with E-state index in [1.807, 2.05) is 30.9 Å². The molecule has 1 aromatic heterocycles. The zero-order valence-electron chi connectivity index (χ0n) is 12.1. The predicted octanol–water partition coefficient (Wildman–Crippen LogP) is 0.905. The summed E-state index contributed by atoms with van der Waals surface area (Å²) in [5, 5.41) is 2.76. The van der Waals surface area contributed by atoms with Gasteiger partial charge in [0, 0.05) is 36.6 Å². The summed E-state index contributed by atoms with van der Waals surface area (Å²) >= 11 is 0. The normalized spacial score (nSPS) is 16.0. The minimum Gasteiger partial charge on any atom is -0.354 e. The van der Waals surface area contributed by atoms with Crippen LogP contribution in [0, 0.1) is 13.8 Å². The summed E-state index contributed by atoms with van der Waals surface area (Å²) in [6.45, 7) is 10.3. The number of hydrogen-bond acceptors (Lipinski definition) is 3. The molecule has 5 heteroatoms. The minimum atomic E-state index is -0.0128. The Hall–Kier alpha value is -1.88. The van der Waals surface area contributed by atoms with Crippen LogP contribution in [0.2, 0.25) is 0 Å². The summed E-state index contributed by atoms with van der Waals surface area (Å²) in [6.07, 6.45) is 1.82. The molecule has 0 aliphatic carbocycles. The number of aromatic nitrogens is 1. The number of carbonyl (C=O) groups is 2. The van der Waals surface area contributed by atoms with Crippen LogP contribution in [-0.4, -0.2) is 47.3 Å². The smallest absolute Gasteiger partial charge is 0.234 e. The molecule has 1 N–H and O–H groups in total. The van der Waals surface area contributed by atoms with Gasteiger partial charge in [-0.25, -0.2) is 0 Å². The van der Waals surface area contributed by atoms with Crippen LogP contribution in [0.4, 0.5) is 0 Å². The number of hydrogen-bond donors (Lipinski definition) is 1. The summed E-state index contributed by atoms with van der Waals surface area (Å²) in [5.41, 5.74) is 2.77. The first-order valence-corrected chi connectivity index (χ1v) is 6.82.